The van der Waals surface area contributed by atoms with E-state index in [1.807, 2.05) is 0 Å². The summed E-state index contributed by atoms with van der Waals surface area (Å²) in [5.41, 5.74) is 2.66. The van der Waals surface area contributed by atoms with Crippen molar-refractivity contribution in [2.75, 3.05) is 16.7 Å². The minimum absolute atomic E-state index is 0.0396. The summed E-state index contributed by atoms with van der Waals surface area (Å²) in [5, 5.41) is 0. The smallest absolute Gasteiger partial charge is 0.261 e. The SMILES string of the molecule is Cc1cc(NS(=O)(=O)c2ccc3c(c2)CC(=O)N3C)ccn1. The molecule has 1 amide bonds. The number of nitrogens with one attached hydrogen (secondary N) is 1. The molecule has 0 spiro atoms. The van der Waals surface area contributed by atoms with E-state index in [2.05, 4.69) is 9.71 Å². The van der Waals surface area contributed by atoms with Crippen LogP contribution in [-0.2, 0) is 21.2 Å². The third-order valence-corrected chi connectivity index (χ3v) is 4.97. The molecule has 1 aliphatic heterocycles. The molecule has 0 radical (unpaired) electrons. The Bertz CT molecular complexity index is 862. The molecule has 3 rings (SSSR count). The predicted molar refractivity (Wildman–Crippen MR) is 83.3 cm³/mol. The van der Waals surface area contributed by atoms with E-state index in [4.69, 9.17) is 0 Å². The van der Waals surface area contributed by atoms with Crippen molar-refractivity contribution >= 4 is 27.3 Å². The molecule has 114 valence electrons. The van der Waals surface area contributed by atoms with Gasteiger partial charge < -0.3 is 4.90 Å². The number of carbonyl (C=O) groups excluding carboxylic acids is 1. The van der Waals surface area contributed by atoms with Gasteiger partial charge in [-0.05, 0) is 42.8 Å². The highest BCUT2D eigenvalue weighted by molar-refractivity contribution is 7.92. The van der Waals surface area contributed by atoms with Crippen LogP contribution >= 0.6 is 0 Å². The van der Waals surface area contributed by atoms with Crippen molar-refractivity contribution in [3.05, 3.63) is 47.8 Å². The molecular formula is C15H15N3O3S. The van der Waals surface area contributed by atoms with Gasteiger partial charge in [0.2, 0.25) is 5.91 Å². The number of amides is 1. The molecule has 0 atom stereocenters. The summed E-state index contributed by atoms with van der Waals surface area (Å²) in [5.74, 6) is -0.0396. The van der Waals surface area contributed by atoms with Crippen LogP contribution in [-0.4, -0.2) is 26.4 Å². The van der Waals surface area contributed by atoms with E-state index in [9.17, 15) is 13.2 Å². The van der Waals surface area contributed by atoms with Crippen LogP contribution < -0.4 is 9.62 Å². The number of anilines is 2. The lowest BCUT2D eigenvalue weighted by Gasteiger charge is -2.12. The topological polar surface area (TPSA) is 79.4 Å². The first-order valence-corrected chi connectivity index (χ1v) is 8.20. The standard InChI is InChI=1S/C15H15N3O3S/c1-10-7-12(5-6-16-10)17-22(20,21)13-3-4-14-11(8-13)9-15(19)18(14)2/h3-8H,9H2,1-2H3,(H,16,17). The Hall–Kier alpha value is -2.41. The summed E-state index contributed by atoms with van der Waals surface area (Å²) in [6, 6.07) is 7.96. The molecule has 2 aromatic rings. The molecule has 1 aromatic heterocycles. The van der Waals surface area contributed by atoms with Gasteiger partial charge in [-0.3, -0.25) is 14.5 Å². The van der Waals surface area contributed by atoms with E-state index in [0.29, 0.717) is 5.69 Å². The maximum atomic E-state index is 12.4. The zero-order chi connectivity index (χ0) is 15.9. The quantitative estimate of drug-likeness (QED) is 0.934. The third-order valence-electron chi connectivity index (χ3n) is 3.59. The second-order valence-corrected chi connectivity index (χ2v) is 6.89. The van der Waals surface area contributed by atoms with Gasteiger partial charge >= 0.3 is 0 Å². The number of aromatic nitrogens is 1. The Kier molecular flexibility index (Phi) is 3.37. The number of rotatable bonds is 3. The lowest BCUT2D eigenvalue weighted by molar-refractivity contribution is -0.117. The van der Waals surface area contributed by atoms with Crippen LogP contribution in [0.4, 0.5) is 11.4 Å². The maximum Gasteiger partial charge on any atom is 0.261 e. The molecule has 0 unspecified atom stereocenters. The average molecular weight is 317 g/mol. The van der Waals surface area contributed by atoms with Crippen LogP contribution in [0.25, 0.3) is 0 Å². The first-order valence-electron chi connectivity index (χ1n) is 6.72. The fraction of sp³-hybridized carbons (Fsp3) is 0.200. The fourth-order valence-electron chi connectivity index (χ4n) is 2.44. The fourth-order valence-corrected chi connectivity index (χ4v) is 3.54. The number of aryl methyl sites for hydroxylation is 1. The van der Waals surface area contributed by atoms with E-state index < -0.39 is 10.0 Å². The Labute approximate surface area is 128 Å². The molecule has 2 heterocycles. The van der Waals surface area contributed by atoms with Gasteiger partial charge in [-0.25, -0.2) is 8.42 Å². The summed E-state index contributed by atoms with van der Waals surface area (Å²) >= 11 is 0. The Morgan fingerprint density at radius 2 is 2.00 bits per heavy atom. The average Bonchev–Trinajstić information content (AvgIpc) is 2.73. The highest BCUT2D eigenvalue weighted by Gasteiger charge is 2.26. The van der Waals surface area contributed by atoms with Crippen molar-refractivity contribution in [2.24, 2.45) is 0 Å². The number of carbonyl (C=O) groups is 1. The molecule has 0 saturated heterocycles. The highest BCUT2D eigenvalue weighted by Crippen LogP contribution is 2.30. The molecule has 1 aromatic carbocycles. The van der Waals surface area contributed by atoms with Crippen molar-refractivity contribution in [2.45, 2.75) is 18.2 Å². The molecule has 6 nitrogen and oxygen atoms in total. The number of hydrogen-bond acceptors (Lipinski definition) is 4. The molecule has 0 bridgehead atoms. The van der Waals surface area contributed by atoms with E-state index in [0.717, 1.165) is 16.9 Å². The number of hydrogen-bond donors (Lipinski definition) is 1. The molecule has 0 saturated carbocycles. The van der Waals surface area contributed by atoms with E-state index in [1.54, 1.807) is 44.4 Å². The molecule has 1 aliphatic rings. The normalized spacial score (nSPS) is 14.1. The van der Waals surface area contributed by atoms with Crippen LogP contribution in [0, 0.1) is 6.92 Å². The molecule has 7 heteroatoms. The summed E-state index contributed by atoms with van der Waals surface area (Å²) < 4.78 is 27.4. The molecule has 1 N–H and O–H groups in total. The largest absolute Gasteiger partial charge is 0.315 e. The lowest BCUT2D eigenvalue weighted by atomic mass is 10.2. The van der Waals surface area contributed by atoms with Crippen molar-refractivity contribution in [3.63, 3.8) is 0 Å². The van der Waals surface area contributed by atoms with Crippen LogP contribution in [0.1, 0.15) is 11.3 Å². The van der Waals surface area contributed by atoms with Gasteiger partial charge in [-0.15, -0.1) is 0 Å². The number of pyridine rings is 1. The lowest BCUT2D eigenvalue weighted by Crippen LogP contribution is -2.20. The van der Waals surface area contributed by atoms with Crippen molar-refractivity contribution in [1.82, 2.24) is 4.98 Å². The minimum Gasteiger partial charge on any atom is -0.315 e. The number of fused-ring (bicyclic) bond motifs is 1. The Morgan fingerprint density at radius 1 is 1.23 bits per heavy atom. The Morgan fingerprint density at radius 3 is 2.73 bits per heavy atom. The van der Waals surface area contributed by atoms with Gasteiger partial charge in [0.1, 0.15) is 0 Å². The van der Waals surface area contributed by atoms with Gasteiger partial charge in [0, 0.05) is 24.6 Å². The van der Waals surface area contributed by atoms with Crippen molar-refractivity contribution in [3.8, 4) is 0 Å². The highest BCUT2D eigenvalue weighted by atomic mass is 32.2. The van der Waals surface area contributed by atoms with E-state index >= 15 is 0 Å². The monoisotopic (exact) mass is 317 g/mol. The van der Waals surface area contributed by atoms with Crippen LogP contribution in [0.3, 0.4) is 0 Å². The van der Waals surface area contributed by atoms with Gasteiger partial charge in [0.05, 0.1) is 17.0 Å². The Balaban J connectivity index is 1.94. The van der Waals surface area contributed by atoms with E-state index in [1.165, 1.54) is 11.0 Å². The summed E-state index contributed by atoms with van der Waals surface area (Å²) in [4.78, 5) is 17.4. The van der Waals surface area contributed by atoms with Crippen LogP contribution in [0.2, 0.25) is 0 Å². The zero-order valence-corrected chi connectivity index (χ0v) is 13.0. The number of sulfonamides is 1. The predicted octanol–water partition coefficient (Wildman–Crippen LogP) is 1.71. The summed E-state index contributed by atoms with van der Waals surface area (Å²) in [7, 11) is -2.01. The minimum atomic E-state index is -3.69. The summed E-state index contributed by atoms with van der Waals surface area (Å²) in [6.45, 7) is 1.79. The number of likely N-dealkylation sites (N-methyl/N-ethyl adjacent to an activating group) is 1. The first kappa shape index (κ1) is 14.5. The van der Waals surface area contributed by atoms with Crippen molar-refractivity contribution < 1.29 is 13.2 Å². The van der Waals surface area contributed by atoms with Crippen molar-refractivity contribution in [1.29, 1.82) is 0 Å². The zero-order valence-electron chi connectivity index (χ0n) is 12.2. The van der Waals surface area contributed by atoms with Gasteiger partial charge in [0.25, 0.3) is 10.0 Å². The summed E-state index contributed by atoms with van der Waals surface area (Å²) in [6.07, 6.45) is 1.77. The first-order chi connectivity index (χ1) is 10.4. The van der Waals surface area contributed by atoms with Gasteiger partial charge in [-0.1, -0.05) is 0 Å². The molecule has 22 heavy (non-hydrogen) atoms. The van der Waals surface area contributed by atoms with Crippen LogP contribution in [0.5, 0.6) is 0 Å². The molecular weight excluding hydrogens is 302 g/mol. The van der Waals surface area contributed by atoms with Gasteiger partial charge in [0.15, 0.2) is 0 Å². The number of nitrogens with zero attached hydrogens (tertiary/aromatic N) is 2. The second kappa shape index (κ2) is 5.10. The van der Waals surface area contributed by atoms with Crippen LogP contribution in [0.15, 0.2) is 41.4 Å². The number of benzene rings is 1. The van der Waals surface area contributed by atoms with E-state index in [-0.39, 0.29) is 17.2 Å². The third kappa shape index (κ3) is 2.55. The second-order valence-electron chi connectivity index (χ2n) is 5.21. The molecule has 0 fully saturated rings. The van der Waals surface area contributed by atoms with Gasteiger partial charge in [-0.2, -0.15) is 0 Å². The molecule has 0 aliphatic carbocycles. The maximum absolute atomic E-state index is 12.4.